The second-order valence-electron chi connectivity index (χ2n) is 4.14. The maximum atomic E-state index is 13.5. The summed E-state index contributed by atoms with van der Waals surface area (Å²) < 4.78 is 27.9. The zero-order valence-corrected chi connectivity index (χ0v) is 10.5. The Bertz CT molecular complexity index is 741. The molecule has 5 nitrogen and oxygen atoms in total. The molecule has 0 spiro atoms. The number of benzene rings is 1. The lowest BCUT2D eigenvalue weighted by Gasteiger charge is -2.10. The Morgan fingerprint density at radius 1 is 1.30 bits per heavy atom. The van der Waals surface area contributed by atoms with Crippen LogP contribution in [0.5, 0.6) is 0 Å². The van der Waals surface area contributed by atoms with E-state index in [1.165, 1.54) is 23.9 Å². The van der Waals surface area contributed by atoms with E-state index in [9.17, 15) is 18.4 Å². The van der Waals surface area contributed by atoms with E-state index in [-0.39, 0.29) is 11.3 Å². The number of aromatic nitrogens is 1. The molecule has 0 unspecified atom stereocenters. The number of amides is 1. The Hall–Kier alpha value is -2.70. The molecule has 3 N–H and O–H groups in total. The molecule has 0 atom stereocenters. The molecule has 2 rings (SSSR count). The zero-order valence-electron chi connectivity index (χ0n) is 10.5. The first-order valence-corrected chi connectivity index (χ1v) is 5.61. The van der Waals surface area contributed by atoms with Crippen molar-refractivity contribution in [2.45, 2.75) is 0 Å². The molecule has 0 aliphatic heterocycles. The summed E-state index contributed by atoms with van der Waals surface area (Å²) in [6, 6.07) is 4.46. The summed E-state index contributed by atoms with van der Waals surface area (Å²) in [5, 5.41) is 2.16. The molecule has 104 valence electrons. The van der Waals surface area contributed by atoms with Crippen LogP contribution in [0, 0.1) is 11.6 Å². The van der Waals surface area contributed by atoms with Crippen molar-refractivity contribution in [1.82, 2.24) is 4.57 Å². The van der Waals surface area contributed by atoms with E-state index >= 15 is 0 Å². The van der Waals surface area contributed by atoms with Crippen molar-refractivity contribution in [1.29, 1.82) is 0 Å². The van der Waals surface area contributed by atoms with Crippen LogP contribution in [0.15, 0.2) is 35.3 Å². The van der Waals surface area contributed by atoms with Crippen molar-refractivity contribution < 1.29 is 13.6 Å². The Kier molecular flexibility index (Phi) is 3.51. The van der Waals surface area contributed by atoms with E-state index in [0.717, 1.165) is 18.2 Å². The number of pyridine rings is 1. The molecule has 20 heavy (non-hydrogen) atoms. The van der Waals surface area contributed by atoms with Crippen LogP contribution in [0.4, 0.5) is 20.2 Å². The van der Waals surface area contributed by atoms with Gasteiger partial charge in [0.2, 0.25) is 0 Å². The Balaban J connectivity index is 2.35. The highest BCUT2D eigenvalue weighted by atomic mass is 19.2. The van der Waals surface area contributed by atoms with Crippen molar-refractivity contribution in [3.05, 3.63) is 58.0 Å². The summed E-state index contributed by atoms with van der Waals surface area (Å²) in [6.45, 7) is 0. The van der Waals surface area contributed by atoms with E-state index in [0.29, 0.717) is 0 Å². The summed E-state index contributed by atoms with van der Waals surface area (Å²) in [7, 11) is 1.52. The fraction of sp³-hybridized carbons (Fsp3) is 0.0769. The Labute approximate surface area is 112 Å². The van der Waals surface area contributed by atoms with Gasteiger partial charge in [-0.2, -0.15) is 0 Å². The minimum Gasteiger partial charge on any atom is -0.397 e. The summed E-state index contributed by atoms with van der Waals surface area (Å²) in [6.07, 6.45) is 1.39. The molecule has 7 heteroatoms. The van der Waals surface area contributed by atoms with Crippen LogP contribution in [0.3, 0.4) is 0 Å². The van der Waals surface area contributed by atoms with Crippen LogP contribution in [0.1, 0.15) is 10.4 Å². The minimum atomic E-state index is -1.25. The fourth-order valence-electron chi connectivity index (χ4n) is 1.57. The maximum Gasteiger partial charge on any atom is 0.256 e. The second-order valence-corrected chi connectivity index (χ2v) is 4.14. The van der Waals surface area contributed by atoms with Gasteiger partial charge in [-0.05, 0) is 18.2 Å². The number of nitrogens with zero attached hydrogens (tertiary/aromatic N) is 1. The normalized spacial score (nSPS) is 10.3. The van der Waals surface area contributed by atoms with Crippen molar-refractivity contribution in [2.75, 3.05) is 11.1 Å². The third-order valence-electron chi connectivity index (χ3n) is 2.73. The number of halogens is 2. The molecule has 0 radical (unpaired) electrons. The van der Waals surface area contributed by atoms with E-state index in [1.54, 1.807) is 0 Å². The largest absolute Gasteiger partial charge is 0.397 e. The maximum absolute atomic E-state index is 13.5. The van der Waals surface area contributed by atoms with Gasteiger partial charge in [-0.3, -0.25) is 9.59 Å². The molecule has 1 aromatic heterocycles. The van der Waals surface area contributed by atoms with Gasteiger partial charge in [-0.1, -0.05) is 0 Å². The first-order chi connectivity index (χ1) is 9.40. The zero-order chi connectivity index (χ0) is 14.9. The molecule has 2 aromatic rings. The van der Waals surface area contributed by atoms with Crippen LogP contribution >= 0.6 is 0 Å². The van der Waals surface area contributed by atoms with Crippen LogP contribution in [-0.4, -0.2) is 10.5 Å². The number of anilines is 2. The highest BCUT2D eigenvalue weighted by Gasteiger charge is 2.15. The van der Waals surface area contributed by atoms with Crippen molar-refractivity contribution in [3.8, 4) is 0 Å². The van der Waals surface area contributed by atoms with Crippen LogP contribution in [0.2, 0.25) is 0 Å². The highest BCUT2D eigenvalue weighted by Crippen LogP contribution is 2.24. The first-order valence-electron chi connectivity index (χ1n) is 5.61. The van der Waals surface area contributed by atoms with Gasteiger partial charge >= 0.3 is 0 Å². The van der Waals surface area contributed by atoms with Crippen LogP contribution < -0.4 is 16.6 Å². The second kappa shape index (κ2) is 5.12. The number of nitrogens with two attached hydrogens (primary N) is 1. The van der Waals surface area contributed by atoms with E-state index in [2.05, 4.69) is 5.32 Å². The molecule has 0 fully saturated rings. The Morgan fingerprint density at radius 3 is 2.65 bits per heavy atom. The minimum absolute atomic E-state index is 0.0242. The van der Waals surface area contributed by atoms with Gasteiger partial charge in [-0.15, -0.1) is 0 Å². The molecule has 0 bridgehead atoms. The number of nitrogen functional groups attached to an aromatic ring is 1. The van der Waals surface area contributed by atoms with E-state index in [1.807, 2.05) is 0 Å². The topological polar surface area (TPSA) is 77.1 Å². The molecule has 1 heterocycles. The van der Waals surface area contributed by atoms with Crippen molar-refractivity contribution >= 4 is 17.3 Å². The van der Waals surface area contributed by atoms with Crippen molar-refractivity contribution in [3.63, 3.8) is 0 Å². The number of rotatable bonds is 2. The lowest BCUT2D eigenvalue weighted by atomic mass is 10.2. The van der Waals surface area contributed by atoms with Gasteiger partial charge in [0.1, 0.15) is 5.69 Å². The molecule has 0 saturated heterocycles. The summed E-state index contributed by atoms with van der Waals surface area (Å²) in [4.78, 5) is 23.3. The number of hydrogen-bond donors (Lipinski definition) is 2. The molecular formula is C13H11F2N3O2. The standard InChI is InChI=1S/C13H11F2N3O2/c1-18-5-4-7(6-10(18)19)13(20)17-12-9(16)3-2-8(14)11(12)15/h2-6H,16H2,1H3,(H,17,20). The van der Waals surface area contributed by atoms with Crippen molar-refractivity contribution in [2.24, 2.45) is 7.05 Å². The van der Waals surface area contributed by atoms with E-state index < -0.39 is 28.8 Å². The number of hydrogen-bond acceptors (Lipinski definition) is 3. The van der Waals surface area contributed by atoms with Gasteiger partial charge in [0, 0.05) is 24.9 Å². The predicted octanol–water partition coefficient (Wildman–Crippen LogP) is 1.50. The number of carbonyl (C=O) groups is 1. The summed E-state index contributed by atoms with van der Waals surface area (Å²) in [5.74, 6) is -3.13. The lowest BCUT2D eigenvalue weighted by molar-refractivity contribution is 0.102. The quantitative estimate of drug-likeness (QED) is 0.818. The van der Waals surface area contributed by atoms with E-state index in [4.69, 9.17) is 5.73 Å². The molecule has 0 aliphatic carbocycles. The average Bonchev–Trinajstić information content (AvgIpc) is 2.42. The number of aryl methyl sites for hydroxylation is 1. The lowest BCUT2D eigenvalue weighted by Crippen LogP contribution is -2.21. The average molecular weight is 279 g/mol. The molecule has 0 saturated carbocycles. The molecule has 0 aliphatic rings. The SMILES string of the molecule is Cn1ccc(C(=O)Nc2c(N)ccc(F)c2F)cc1=O. The highest BCUT2D eigenvalue weighted by molar-refractivity contribution is 6.05. The molecule has 1 aromatic carbocycles. The molecule has 1 amide bonds. The predicted molar refractivity (Wildman–Crippen MR) is 70.4 cm³/mol. The van der Waals surface area contributed by atoms with Crippen LogP contribution in [0.25, 0.3) is 0 Å². The van der Waals surface area contributed by atoms with Gasteiger partial charge < -0.3 is 15.6 Å². The van der Waals surface area contributed by atoms with Gasteiger partial charge in [-0.25, -0.2) is 8.78 Å². The number of carbonyl (C=O) groups excluding carboxylic acids is 1. The fourth-order valence-corrected chi connectivity index (χ4v) is 1.57. The van der Waals surface area contributed by atoms with Crippen LogP contribution in [-0.2, 0) is 7.05 Å². The third-order valence-corrected chi connectivity index (χ3v) is 2.73. The van der Waals surface area contributed by atoms with Gasteiger partial charge in [0.05, 0.1) is 5.69 Å². The third kappa shape index (κ3) is 2.51. The number of nitrogens with one attached hydrogen (secondary N) is 1. The summed E-state index contributed by atoms with van der Waals surface area (Å²) in [5.41, 5.74) is 4.55. The smallest absolute Gasteiger partial charge is 0.256 e. The van der Waals surface area contributed by atoms with Gasteiger partial charge in [0.15, 0.2) is 11.6 Å². The molecular weight excluding hydrogens is 268 g/mol. The monoisotopic (exact) mass is 279 g/mol. The van der Waals surface area contributed by atoms with Gasteiger partial charge in [0.25, 0.3) is 11.5 Å². The Morgan fingerprint density at radius 2 is 2.00 bits per heavy atom. The first kappa shape index (κ1) is 13.7. The summed E-state index contributed by atoms with van der Waals surface area (Å²) >= 11 is 0.